The van der Waals surface area contributed by atoms with Gasteiger partial charge in [-0.3, -0.25) is 4.90 Å². The average Bonchev–Trinajstić information content (AvgIpc) is 3.32. The first kappa shape index (κ1) is 19.0. The van der Waals surface area contributed by atoms with Crippen LogP contribution in [0.2, 0.25) is 0 Å². The van der Waals surface area contributed by atoms with Crippen LogP contribution in [0, 0.1) is 0 Å². The fraction of sp³-hybridized carbons (Fsp3) is 0.481. The van der Waals surface area contributed by atoms with E-state index in [0.29, 0.717) is 12.2 Å². The molecule has 2 aliphatic carbocycles. The Morgan fingerprint density at radius 2 is 2.06 bits per heavy atom. The van der Waals surface area contributed by atoms with Gasteiger partial charge in [-0.25, -0.2) is 0 Å². The second kappa shape index (κ2) is 6.30. The number of phenols is 1. The predicted octanol–water partition coefficient (Wildman–Crippen LogP) is 4.35. The summed E-state index contributed by atoms with van der Waals surface area (Å²) in [6, 6.07) is 12.3. The van der Waals surface area contributed by atoms with Crippen LogP contribution in [-0.2, 0) is 18.3 Å². The number of unbranched alkanes of at least 4 members (excludes halogenated alkanes) is 2. The van der Waals surface area contributed by atoms with E-state index in [1.165, 1.54) is 35.8 Å². The number of hydrogen-bond acceptors (Lipinski definition) is 4. The topological polar surface area (TPSA) is 68.7 Å². The molecule has 1 unspecified atom stereocenters. The summed E-state index contributed by atoms with van der Waals surface area (Å²) in [7, 11) is 0. The van der Waals surface area contributed by atoms with Gasteiger partial charge in [0.25, 0.3) is 0 Å². The maximum absolute atomic E-state index is 12.7. The van der Waals surface area contributed by atoms with Crippen molar-refractivity contribution in [2.24, 2.45) is 0 Å². The van der Waals surface area contributed by atoms with Crippen LogP contribution in [0.4, 0.5) is 0 Å². The Morgan fingerprint density at radius 3 is 2.94 bits per heavy atom. The molecule has 3 N–H and O–H groups in total. The van der Waals surface area contributed by atoms with Gasteiger partial charge in [0.05, 0.1) is 16.7 Å². The van der Waals surface area contributed by atoms with E-state index < -0.39 is 11.0 Å². The molecule has 1 fully saturated rings. The molecular weight excluding hydrogens is 400 g/mol. The van der Waals surface area contributed by atoms with Crippen LogP contribution in [-0.4, -0.2) is 44.8 Å². The molecule has 1 aromatic heterocycles. The lowest BCUT2D eigenvalue weighted by Gasteiger charge is -2.62. The number of piperidine rings is 1. The van der Waals surface area contributed by atoms with Crippen LogP contribution in [0.5, 0.6) is 11.5 Å². The SMILES string of the molecule is CCCCCN1CC[C@]23c4c5ccc(O)c4O[C@H]2c2[nH]c4ccccc4c2C[C@@]3(O)C1C5. The van der Waals surface area contributed by atoms with Gasteiger partial charge in [-0.15, -0.1) is 0 Å². The van der Waals surface area contributed by atoms with E-state index in [2.05, 4.69) is 41.1 Å². The van der Waals surface area contributed by atoms with Gasteiger partial charge in [0.2, 0.25) is 0 Å². The number of likely N-dealkylation sites (tertiary alicyclic amines) is 1. The van der Waals surface area contributed by atoms with Gasteiger partial charge < -0.3 is 19.9 Å². The highest BCUT2D eigenvalue weighted by molar-refractivity contribution is 5.86. The van der Waals surface area contributed by atoms with Crippen molar-refractivity contribution < 1.29 is 14.9 Å². The number of aromatic amines is 1. The Balaban J connectivity index is 1.47. The van der Waals surface area contributed by atoms with Crippen molar-refractivity contribution in [3.05, 3.63) is 58.8 Å². The molecule has 2 bridgehead atoms. The fourth-order valence-corrected chi connectivity index (χ4v) is 7.56. The molecular formula is C27H30N2O3. The van der Waals surface area contributed by atoms with Crippen molar-refractivity contribution in [3.63, 3.8) is 0 Å². The number of nitrogens with one attached hydrogen (secondary N) is 1. The number of nitrogens with zero attached hydrogens (tertiary/aromatic N) is 1. The number of aromatic hydroxyl groups is 1. The normalized spacial score (nSPS) is 31.9. The summed E-state index contributed by atoms with van der Waals surface area (Å²) in [5.41, 5.74) is 4.21. The van der Waals surface area contributed by atoms with Crippen molar-refractivity contribution in [1.82, 2.24) is 9.88 Å². The van der Waals surface area contributed by atoms with Crippen LogP contribution in [0.15, 0.2) is 36.4 Å². The van der Waals surface area contributed by atoms with Crippen LogP contribution in [0.1, 0.15) is 61.1 Å². The first-order valence-electron chi connectivity index (χ1n) is 12.2. The zero-order chi connectivity index (χ0) is 21.7. The van der Waals surface area contributed by atoms with Crippen LogP contribution in [0.3, 0.4) is 0 Å². The molecule has 166 valence electrons. The lowest BCUT2D eigenvalue weighted by molar-refractivity contribution is -0.172. The number of phenolic OH excluding ortho intramolecular Hbond substituents is 1. The van der Waals surface area contributed by atoms with Crippen LogP contribution < -0.4 is 4.74 Å². The molecule has 4 aliphatic rings. The minimum Gasteiger partial charge on any atom is -0.504 e. The summed E-state index contributed by atoms with van der Waals surface area (Å²) < 4.78 is 6.60. The third-order valence-electron chi connectivity index (χ3n) is 8.93. The number of aromatic nitrogens is 1. The fourth-order valence-electron chi connectivity index (χ4n) is 7.56. The van der Waals surface area contributed by atoms with E-state index in [9.17, 15) is 10.2 Å². The average molecular weight is 431 g/mol. The number of benzene rings is 2. The number of hydrogen-bond donors (Lipinski definition) is 3. The minimum absolute atomic E-state index is 0.0593. The number of para-hydroxylation sites is 1. The Labute approximate surface area is 188 Å². The maximum atomic E-state index is 12.7. The summed E-state index contributed by atoms with van der Waals surface area (Å²) in [5.74, 6) is 0.784. The number of ether oxygens (including phenoxy) is 1. The van der Waals surface area contributed by atoms with E-state index in [0.717, 1.165) is 42.7 Å². The Bertz CT molecular complexity index is 1250. The Kier molecular flexibility index (Phi) is 3.74. The van der Waals surface area contributed by atoms with Gasteiger partial charge in [-0.2, -0.15) is 0 Å². The number of aliphatic hydroxyl groups is 1. The summed E-state index contributed by atoms with van der Waals surface area (Å²) in [5, 5.41) is 24.7. The zero-order valence-electron chi connectivity index (χ0n) is 18.5. The molecule has 2 aromatic carbocycles. The molecule has 0 saturated carbocycles. The van der Waals surface area contributed by atoms with E-state index >= 15 is 0 Å². The molecule has 5 heteroatoms. The largest absolute Gasteiger partial charge is 0.504 e. The summed E-state index contributed by atoms with van der Waals surface area (Å²) in [4.78, 5) is 6.19. The second-order valence-corrected chi connectivity index (χ2v) is 10.3. The highest BCUT2D eigenvalue weighted by Gasteiger charge is 2.72. The molecule has 2 aliphatic heterocycles. The first-order valence-corrected chi connectivity index (χ1v) is 12.2. The van der Waals surface area contributed by atoms with Gasteiger partial charge >= 0.3 is 0 Å². The van der Waals surface area contributed by atoms with Crippen molar-refractivity contribution in [3.8, 4) is 11.5 Å². The number of H-pyrrole nitrogens is 1. The molecule has 32 heavy (non-hydrogen) atoms. The summed E-state index contributed by atoms with van der Waals surface area (Å²) in [6.07, 6.45) is 5.56. The highest BCUT2D eigenvalue weighted by Crippen LogP contribution is 2.68. The lowest BCUT2D eigenvalue weighted by atomic mass is 9.49. The van der Waals surface area contributed by atoms with Crippen molar-refractivity contribution in [2.45, 2.75) is 68.6 Å². The maximum Gasteiger partial charge on any atom is 0.166 e. The Morgan fingerprint density at radius 1 is 1.19 bits per heavy atom. The molecule has 1 saturated heterocycles. The zero-order valence-corrected chi connectivity index (χ0v) is 18.5. The van der Waals surface area contributed by atoms with Gasteiger partial charge in [0.15, 0.2) is 17.6 Å². The monoisotopic (exact) mass is 430 g/mol. The molecule has 4 atom stereocenters. The quantitative estimate of drug-likeness (QED) is 0.538. The standard InChI is InChI=1S/C27H30N2O3/c1-2-3-6-12-29-13-11-26-22-16-9-10-20(30)24(22)32-25(26)23-18(15-27(26,31)21(29)14-16)17-7-4-5-8-19(17)28-23/h4-5,7-10,21,25,28,30-31H,2-3,6,11-15H2,1H3/t21?,25-,26-,27+/m0/s1. The summed E-state index contributed by atoms with van der Waals surface area (Å²) >= 11 is 0. The van der Waals surface area contributed by atoms with Gasteiger partial charge in [0.1, 0.15) is 0 Å². The predicted molar refractivity (Wildman–Crippen MR) is 123 cm³/mol. The van der Waals surface area contributed by atoms with E-state index in [-0.39, 0.29) is 17.9 Å². The molecule has 7 rings (SSSR count). The molecule has 0 radical (unpaired) electrons. The summed E-state index contributed by atoms with van der Waals surface area (Å²) in [6.45, 7) is 4.23. The molecule has 1 spiro atoms. The minimum atomic E-state index is -0.924. The third kappa shape index (κ3) is 2.07. The smallest absolute Gasteiger partial charge is 0.166 e. The van der Waals surface area contributed by atoms with Gasteiger partial charge in [0, 0.05) is 28.9 Å². The molecule has 3 aromatic rings. The number of rotatable bonds is 4. The van der Waals surface area contributed by atoms with Crippen LogP contribution in [0.25, 0.3) is 10.9 Å². The second-order valence-electron chi connectivity index (χ2n) is 10.3. The van der Waals surface area contributed by atoms with Crippen LogP contribution >= 0.6 is 0 Å². The number of fused-ring (bicyclic) bond motifs is 4. The van der Waals surface area contributed by atoms with Crippen molar-refractivity contribution in [1.29, 1.82) is 0 Å². The van der Waals surface area contributed by atoms with E-state index in [1.54, 1.807) is 6.07 Å². The van der Waals surface area contributed by atoms with Crippen molar-refractivity contribution in [2.75, 3.05) is 13.1 Å². The lowest BCUT2D eigenvalue weighted by Crippen LogP contribution is -2.74. The molecule has 5 nitrogen and oxygen atoms in total. The van der Waals surface area contributed by atoms with Crippen molar-refractivity contribution >= 4 is 10.9 Å². The Hall–Kier alpha value is -2.50. The highest BCUT2D eigenvalue weighted by atomic mass is 16.5. The molecule has 3 heterocycles. The third-order valence-corrected chi connectivity index (χ3v) is 8.93. The van der Waals surface area contributed by atoms with Gasteiger partial charge in [-0.05, 0) is 55.6 Å². The van der Waals surface area contributed by atoms with E-state index in [1.807, 2.05) is 6.07 Å². The van der Waals surface area contributed by atoms with E-state index in [4.69, 9.17) is 4.74 Å². The first-order chi connectivity index (χ1) is 15.6. The van der Waals surface area contributed by atoms with Gasteiger partial charge in [-0.1, -0.05) is 44.0 Å². The molecule has 0 amide bonds.